The Kier molecular flexibility index (Phi) is 1.74. The summed E-state index contributed by atoms with van der Waals surface area (Å²) >= 11 is 0. The SMILES string of the molecule is c1cncc(On2cccn2)c1. The van der Waals surface area contributed by atoms with E-state index in [0.717, 1.165) is 0 Å². The topological polar surface area (TPSA) is 39.9 Å². The summed E-state index contributed by atoms with van der Waals surface area (Å²) in [5.74, 6) is 0.668. The molecule has 0 N–H and O–H groups in total. The Morgan fingerprint density at radius 1 is 1.25 bits per heavy atom. The summed E-state index contributed by atoms with van der Waals surface area (Å²) in [5.41, 5.74) is 0. The lowest BCUT2D eigenvalue weighted by atomic mass is 10.5. The smallest absolute Gasteiger partial charge is 0.176 e. The third-order valence-corrected chi connectivity index (χ3v) is 1.31. The van der Waals surface area contributed by atoms with Crippen LogP contribution in [0.15, 0.2) is 43.0 Å². The van der Waals surface area contributed by atoms with Crippen LogP contribution in [0, 0.1) is 0 Å². The van der Waals surface area contributed by atoms with Crippen molar-refractivity contribution in [2.75, 3.05) is 0 Å². The van der Waals surface area contributed by atoms with Crippen molar-refractivity contribution < 1.29 is 4.84 Å². The minimum Gasteiger partial charge on any atom is -0.356 e. The normalized spacial score (nSPS) is 9.67. The average molecular weight is 161 g/mol. The molecule has 2 aromatic heterocycles. The van der Waals surface area contributed by atoms with E-state index in [4.69, 9.17) is 4.84 Å². The van der Waals surface area contributed by atoms with Crippen LogP contribution in [-0.2, 0) is 0 Å². The second kappa shape index (κ2) is 3.04. The van der Waals surface area contributed by atoms with Crippen molar-refractivity contribution in [3.8, 4) is 5.75 Å². The zero-order chi connectivity index (χ0) is 8.23. The van der Waals surface area contributed by atoms with Crippen molar-refractivity contribution in [2.24, 2.45) is 0 Å². The quantitative estimate of drug-likeness (QED) is 0.662. The average Bonchev–Trinajstić information content (AvgIpc) is 2.59. The van der Waals surface area contributed by atoms with Crippen LogP contribution in [0.1, 0.15) is 0 Å². The first-order chi connectivity index (χ1) is 5.95. The highest BCUT2D eigenvalue weighted by Crippen LogP contribution is 2.05. The van der Waals surface area contributed by atoms with E-state index in [-0.39, 0.29) is 0 Å². The van der Waals surface area contributed by atoms with Crippen LogP contribution in [0.25, 0.3) is 0 Å². The van der Waals surface area contributed by atoms with Crippen molar-refractivity contribution in [2.45, 2.75) is 0 Å². The van der Waals surface area contributed by atoms with E-state index in [1.54, 1.807) is 36.9 Å². The lowest BCUT2D eigenvalue weighted by Gasteiger charge is -2.01. The van der Waals surface area contributed by atoms with E-state index in [2.05, 4.69) is 10.1 Å². The van der Waals surface area contributed by atoms with E-state index in [0.29, 0.717) is 5.75 Å². The van der Waals surface area contributed by atoms with E-state index in [1.807, 2.05) is 6.07 Å². The maximum Gasteiger partial charge on any atom is 0.176 e. The second-order valence-corrected chi connectivity index (χ2v) is 2.19. The summed E-state index contributed by atoms with van der Waals surface area (Å²) in [6, 6.07) is 5.41. The third-order valence-electron chi connectivity index (χ3n) is 1.31. The molecule has 0 fully saturated rings. The fourth-order valence-electron chi connectivity index (χ4n) is 0.818. The minimum absolute atomic E-state index is 0.668. The van der Waals surface area contributed by atoms with E-state index < -0.39 is 0 Å². The molecule has 0 atom stereocenters. The molecule has 4 nitrogen and oxygen atoms in total. The highest BCUT2D eigenvalue weighted by Gasteiger charge is 1.92. The van der Waals surface area contributed by atoms with Gasteiger partial charge >= 0.3 is 0 Å². The van der Waals surface area contributed by atoms with Crippen molar-refractivity contribution in [3.05, 3.63) is 43.0 Å². The maximum atomic E-state index is 5.26. The standard InChI is InChI=1S/C8H7N3O/c1-3-8(7-9-4-1)12-11-6-2-5-10-11/h1-7H. The Bertz CT molecular complexity index is 330. The van der Waals surface area contributed by atoms with Gasteiger partial charge in [-0.05, 0) is 18.2 Å². The van der Waals surface area contributed by atoms with Crippen LogP contribution in [0.2, 0.25) is 0 Å². The van der Waals surface area contributed by atoms with Gasteiger partial charge < -0.3 is 4.84 Å². The summed E-state index contributed by atoms with van der Waals surface area (Å²) in [6.07, 6.45) is 6.68. The van der Waals surface area contributed by atoms with Gasteiger partial charge in [-0.1, -0.05) is 0 Å². The van der Waals surface area contributed by atoms with Gasteiger partial charge in [0.25, 0.3) is 0 Å². The number of aromatic nitrogens is 3. The van der Waals surface area contributed by atoms with Gasteiger partial charge in [0.15, 0.2) is 5.75 Å². The van der Waals surface area contributed by atoms with Crippen LogP contribution >= 0.6 is 0 Å². The molecule has 2 aromatic rings. The molecule has 0 saturated carbocycles. The van der Waals surface area contributed by atoms with Crippen molar-refractivity contribution in [3.63, 3.8) is 0 Å². The monoisotopic (exact) mass is 161 g/mol. The molecule has 0 aliphatic rings. The molecule has 0 aliphatic carbocycles. The number of hydrogen-bond acceptors (Lipinski definition) is 3. The molecular formula is C8H7N3O. The molecule has 0 bridgehead atoms. The van der Waals surface area contributed by atoms with Gasteiger partial charge in [0.2, 0.25) is 0 Å². The summed E-state index contributed by atoms with van der Waals surface area (Å²) in [6.45, 7) is 0. The number of nitrogens with zero attached hydrogens (tertiary/aromatic N) is 3. The van der Waals surface area contributed by atoms with Gasteiger partial charge in [-0.15, -0.1) is 9.94 Å². The van der Waals surface area contributed by atoms with Crippen LogP contribution < -0.4 is 4.84 Å². The molecule has 0 unspecified atom stereocenters. The second-order valence-electron chi connectivity index (χ2n) is 2.19. The molecule has 60 valence electrons. The highest BCUT2D eigenvalue weighted by atomic mass is 16.7. The lowest BCUT2D eigenvalue weighted by molar-refractivity contribution is 0.178. The Labute approximate surface area is 69.4 Å². The number of rotatable bonds is 2. The lowest BCUT2D eigenvalue weighted by Crippen LogP contribution is -2.04. The van der Waals surface area contributed by atoms with Crippen LogP contribution in [0.4, 0.5) is 0 Å². The summed E-state index contributed by atoms with van der Waals surface area (Å²) in [4.78, 5) is 10.5. The fourth-order valence-corrected chi connectivity index (χ4v) is 0.818. The molecule has 0 spiro atoms. The highest BCUT2D eigenvalue weighted by molar-refractivity contribution is 5.15. The first-order valence-corrected chi connectivity index (χ1v) is 3.53. The molecule has 0 aliphatic heterocycles. The molecule has 2 heterocycles. The fraction of sp³-hybridized carbons (Fsp3) is 0. The first kappa shape index (κ1) is 6.84. The summed E-state index contributed by atoms with van der Waals surface area (Å²) in [5, 5.41) is 3.88. The minimum atomic E-state index is 0.668. The number of hydrogen-bond donors (Lipinski definition) is 0. The zero-order valence-corrected chi connectivity index (χ0v) is 6.29. The molecule has 12 heavy (non-hydrogen) atoms. The van der Waals surface area contributed by atoms with E-state index >= 15 is 0 Å². The van der Waals surface area contributed by atoms with Gasteiger partial charge in [0, 0.05) is 6.20 Å². The van der Waals surface area contributed by atoms with Gasteiger partial charge in [-0.3, -0.25) is 4.98 Å². The summed E-state index contributed by atoms with van der Waals surface area (Å²) in [7, 11) is 0. The predicted octanol–water partition coefficient (Wildman–Crippen LogP) is 1.12. The molecule has 0 radical (unpaired) electrons. The first-order valence-electron chi connectivity index (χ1n) is 3.53. The van der Waals surface area contributed by atoms with Gasteiger partial charge in [0.05, 0.1) is 18.6 Å². The molecule has 4 heteroatoms. The Hall–Kier alpha value is -1.84. The predicted molar refractivity (Wildman–Crippen MR) is 42.5 cm³/mol. The Morgan fingerprint density at radius 2 is 2.25 bits per heavy atom. The third kappa shape index (κ3) is 1.42. The number of pyridine rings is 1. The Morgan fingerprint density at radius 3 is 2.92 bits per heavy atom. The van der Waals surface area contributed by atoms with Crippen molar-refractivity contribution in [1.29, 1.82) is 0 Å². The molecule has 0 aromatic carbocycles. The Balaban J connectivity index is 2.15. The molecule has 0 saturated heterocycles. The van der Waals surface area contributed by atoms with Crippen LogP contribution in [0.3, 0.4) is 0 Å². The van der Waals surface area contributed by atoms with Crippen molar-refractivity contribution >= 4 is 0 Å². The van der Waals surface area contributed by atoms with Gasteiger partial charge in [0.1, 0.15) is 0 Å². The maximum absolute atomic E-state index is 5.26. The summed E-state index contributed by atoms with van der Waals surface area (Å²) < 4.78 is 0. The van der Waals surface area contributed by atoms with Crippen LogP contribution in [0.5, 0.6) is 5.75 Å². The van der Waals surface area contributed by atoms with E-state index in [9.17, 15) is 0 Å². The van der Waals surface area contributed by atoms with Crippen LogP contribution in [-0.4, -0.2) is 14.9 Å². The largest absolute Gasteiger partial charge is 0.356 e. The molecular weight excluding hydrogens is 154 g/mol. The molecule has 0 amide bonds. The van der Waals surface area contributed by atoms with E-state index in [1.165, 1.54) is 4.85 Å². The van der Waals surface area contributed by atoms with Gasteiger partial charge in [-0.2, -0.15) is 0 Å². The zero-order valence-electron chi connectivity index (χ0n) is 6.29. The van der Waals surface area contributed by atoms with Crippen molar-refractivity contribution in [1.82, 2.24) is 14.9 Å². The molecule has 2 rings (SSSR count). The van der Waals surface area contributed by atoms with Gasteiger partial charge in [-0.25, -0.2) is 0 Å².